The van der Waals surface area contributed by atoms with E-state index in [0.717, 1.165) is 19.5 Å². The van der Waals surface area contributed by atoms with E-state index in [9.17, 15) is 4.79 Å². The van der Waals surface area contributed by atoms with Crippen LogP contribution in [0.25, 0.3) is 0 Å². The van der Waals surface area contributed by atoms with Gasteiger partial charge in [-0.1, -0.05) is 6.92 Å². The first-order chi connectivity index (χ1) is 5.79. The molecule has 1 heterocycles. The smallest absolute Gasteiger partial charge is 0.226 e. The van der Waals surface area contributed by atoms with Crippen molar-refractivity contribution in [3.63, 3.8) is 0 Å². The Hall–Kier alpha value is -0.570. The van der Waals surface area contributed by atoms with Crippen LogP contribution in [-0.4, -0.2) is 37.1 Å². The summed E-state index contributed by atoms with van der Waals surface area (Å²) in [7, 11) is 0. The van der Waals surface area contributed by atoms with Gasteiger partial charge >= 0.3 is 0 Å². The highest BCUT2D eigenvalue weighted by atomic mass is 16.5. The molecule has 0 unspecified atom stereocenters. The first kappa shape index (κ1) is 8.05. The summed E-state index contributed by atoms with van der Waals surface area (Å²) >= 11 is 0. The molecule has 0 N–H and O–H groups in total. The van der Waals surface area contributed by atoms with Gasteiger partial charge in [0.05, 0.1) is 13.2 Å². The van der Waals surface area contributed by atoms with Crippen LogP contribution < -0.4 is 0 Å². The summed E-state index contributed by atoms with van der Waals surface area (Å²) in [6.45, 7) is 5.16. The summed E-state index contributed by atoms with van der Waals surface area (Å²) in [6, 6.07) is 0. The monoisotopic (exact) mass is 169 g/mol. The van der Waals surface area contributed by atoms with Crippen LogP contribution in [0.4, 0.5) is 0 Å². The Morgan fingerprint density at radius 1 is 1.42 bits per heavy atom. The van der Waals surface area contributed by atoms with Crippen molar-refractivity contribution in [2.24, 2.45) is 11.8 Å². The minimum Gasteiger partial charge on any atom is -0.378 e. The lowest BCUT2D eigenvalue weighted by Crippen LogP contribution is -2.41. The predicted molar refractivity (Wildman–Crippen MR) is 44.7 cm³/mol. The Balaban J connectivity index is 1.86. The summed E-state index contributed by atoms with van der Waals surface area (Å²) in [5, 5.41) is 0. The summed E-state index contributed by atoms with van der Waals surface area (Å²) in [6.07, 6.45) is 1.09. The number of amides is 1. The molecule has 2 rings (SSSR count). The molecule has 1 aliphatic heterocycles. The molecule has 2 aliphatic rings. The van der Waals surface area contributed by atoms with Gasteiger partial charge in [0.15, 0.2) is 0 Å². The summed E-state index contributed by atoms with van der Waals surface area (Å²) in [5.41, 5.74) is 0. The first-order valence-electron chi connectivity index (χ1n) is 4.65. The van der Waals surface area contributed by atoms with Crippen molar-refractivity contribution in [2.75, 3.05) is 26.3 Å². The molecular weight excluding hydrogens is 154 g/mol. The van der Waals surface area contributed by atoms with Crippen molar-refractivity contribution in [1.29, 1.82) is 0 Å². The van der Waals surface area contributed by atoms with Gasteiger partial charge in [0, 0.05) is 19.0 Å². The Labute approximate surface area is 72.7 Å². The van der Waals surface area contributed by atoms with Gasteiger partial charge in [0.1, 0.15) is 0 Å². The molecule has 1 aliphatic carbocycles. The van der Waals surface area contributed by atoms with E-state index in [4.69, 9.17) is 4.74 Å². The van der Waals surface area contributed by atoms with Crippen molar-refractivity contribution < 1.29 is 9.53 Å². The van der Waals surface area contributed by atoms with Crippen LogP contribution in [-0.2, 0) is 9.53 Å². The first-order valence-corrected chi connectivity index (χ1v) is 4.65. The molecule has 0 aromatic carbocycles. The van der Waals surface area contributed by atoms with Crippen LogP contribution in [0.3, 0.4) is 0 Å². The molecule has 2 fully saturated rings. The summed E-state index contributed by atoms with van der Waals surface area (Å²) in [4.78, 5) is 13.6. The summed E-state index contributed by atoms with van der Waals surface area (Å²) < 4.78 is 5.18. The van der Waals surface area contributed by atoms with Crippen LogP contribution in [0.5, 0.6) is 0 Å². The average molecular weight is 169 g/mol. The van der Waals surface area contributed by atoms with Crippen LogP contribution >= 0.6 is 0 Å². The maximum atomic E-state index is 11.6. The highest BCUT2D eigenvalue weighted by Crippen LogP contribution is 2.39. The van der Waals surface area contributed by atoms with E-state index in [1.165, 1.54) is 0 Å². The molecule has 3 heteroatoms. The molecular formula is C9H15NO2. The normalized spacial score (nSPS) is 34.9. The lowest BCUT2D eigenvalue weighted by atomic mass is 10.3. The molecule has 3 nitrogen and oxygen atoms in total. The second-order valence-electron chi connectivity index (χ2n) is 3.76. The maximum Gasteiger partial charge on any atom is 0.226 e. The van der Waals surface area contributed by atoms with E-state index in [-0.39, 0.29) is 0 Å². The van der Waals surface area contributed by atoms with Gasteiger partial charge in [-0.05, 0) is 12.3 Å². The van der Waals surface area contributed by atoms with E-state index in [1.807, 2.05) is 4.90 Å². The van der Waals surface area contributed by atoms with Gasteiger partial charge in [-0.2, -0.15) is 0 Å². The van der Waals surface area contributed by atoms with Gasteiger partial charge in [-0.25, -0.2) is 0 Å². The van der Waals surface area contributed by atoms with Crippen LogP contribution in [0.1, 0.15) is 13.3 Å². The number of nitrogens with zero attached hydrogens (tertiary/aromatic N) is 1. The number of carbonyl (C=O) groups excluding carboxylic acids is 1. The Bertz CT molecular complexity index is 187. The zero-order valence-electron chi connectivity index (χ0n) is 7.45. The van der Waals surface area contributed by atoms with Gasteiger partial charge in [0.2, 0.25) is 5.91 Å². The Morgan fingerprint density at radius 3 is 2.50 bits per heavy atom. The topological polar surface area (TPSA) is 29.5 Å². The predicted octanol–water partition coefficient (Wildman–Crippen LogP) is 0.501. The number of ether oxygens (including phenoxy) is 1. The van der Waals surface area contributed by atoms with Crippen molar-refractivity contribution in [3.05, 3.63) is 0 Å². The molecule has 1 saturated heterocycles. The molecule has 0 aromatic rings. The number of carbonyl (C=O) groups is 1. The Morgan fingerprint density at radius 2 is 2.00 bits per heavy atom. The third-order valence-electron chi connectivity index (χ3n) is 2.75. The third-order valence-corrected chi connectivity index (χ3v) is 2.75. The van der Waals surface area contributed by atoms with Crippen molar-refractivity contribution in [2.45, 2.75) is 13.3 Å². The van der Waals surface area contributed by atoms with Crippen molar-refractivity contribution in [1.82, 2.24) is 4.90 Å². The minimum absolute atomic E-state index is 0.336. The molecule has 1 saturated carbocycles. The molecule has 0 bridgehead atoms. The quantitative estimate of drug-likeness (QED) is 0.572. The second-order valence-corrected chi connectivity index (χ2v) is 3.76. The number of morpholine rings is 1. The molecule has 1 amide bonds. The zero-order valence-corrected chi connectivity index (χ0v) is 7.45. The molecule has 0 aromatic heterocycles. The zero-order chi connectivity index (χ0) is 8.55. The Kier molecular flexibility index (Phi) is 2.05. The third kappa shape index (κ3) is 1.46. The van der Waals surface area contributed by atoms with E-state index >= 15 is 0 Å². The van der Waals surface area contributed by atoms with Crippen LogP contribution in [0.2, 0.25) is 0 Å². The standard InChI is InChI=1S/C9H15NO2/c1-7-6-8(7)9(11)10-2-4-12-5-3-10/h7-8H,2-6H2,1H3/t7-,8-/m0/s1. The van der Waals surface area contributed by atoms with Gasteiger partial charge in [-0.3, -0.25) is 4.79 Å². The highest BCUT2D eigenvalue weighted by Gasteiger charge is 2.41. The lowest BCUT2D eigenvalue weighted by Gasteiger charge is -2.26. The SMILES string of the molecule is C[C@H]1C[C@@H]1C(=O)N1CCOCC1. The van der Waals surface area contributed by atoms with Crippen LogP contribution in [0, 0.1) is 11.8 Å². The van der Waals surface area contributed by atoms with Crippen molar-refractivity contribution in [3.8, 4) is 0 Å². The second kappa shape index (κ2) is 3.05. The van der Waals surface area contributed by atoms with E-state index in [1.54, 1.807) is 0 Å². The minimum atomic E-state index is 0.336. The van der Waals surface area contributed by atoms with E-state index < -0.39 is 0 Å². The molecule has 0 radical (unpaired) electrons. The summed E-state index contributed by atoms with van der Waals surface area (Å²) in [5.74, 6) is 1.31. The molecule has 12 heavy (non-hydrogen) atoms. The largest absolute Gasteiger partial charge is 0.378 e. The average Bonchev–Trinajstić information content (AvgIpc) is 2.83. The molecule has 2 atom stereocenters. The maximum absolute atomic E-state index is 11.6. The number of hydrogen-bond donors (Lipinski definition) is 0. The van der Waals surface area contributed by atoms with Gasteiger partial charge in [0.25, 0.3) is 0 Å². The highest BCUT2D eigenvalue weighted by molar-refractivity contribution is 5.81. The number of rotatable bonds is 1. The fourth-order valence-corrected chi connectivity index (χ4v) is 1.68. The van der Waals surface area contributed by atoms with Gasteiger partial charge in [-0.15, -0.1) is 0 Å². The van der Waals surface area contributed by atoms with E-state index in [0.29, 0.717) is 31.0 Å². The lowest BCUT2D eigenvalue weighted by molar-refractivity contribution is -0.136. The number of hydrogen-bond acceptors (Lipinski definition) is 2. The van der Waals surface area contributed by atoms with Gasteiger partial charge < -0.3 is 9.64 Å². The van der Waals surface area contributed by atoms with Crippen molar-refractivity contribution >= 4 is 5.91 Å². The molecule has 0 spiro atoms. The fourth-order valence-electron chi connectivity index (χ4n) is 1.68. The van der Waals surface area contributed by atoms with Crippen LogP contribution in [0.15, 0.2) is 0 Å². The fraction of sp³-hybridized carbons (Fsp3) is 0.889. The van der Waals surface area contributed by atoms with E-state index in [2.05, 4.69) is 6.92 Å². The molecule has 68 valence electrons.